The zero-order chi connectivity index (χ0) is 18.8. The Balaban J connectivity index is 1.60. The number of hydrogen-bond acceptors (Lipinski definition) is 4. The van der Waals surface area contributed by atoms with Gasteiger partial charge in [-0.2, -0.15) is 4.98 Å². The lowest BCUT2D eigenvalue weighted by Crippen LogP contribution is -2.12. The van der Waals surface area contributed by atoms with Crippen molar-refractivity contribution in [2.24, 2.45) is 0 Å². The Morgan fingerprint density at radius 3 is 2.70 bits per heavy atom. The number of rotatable bonds is 5. The van der Waals surface area contributed by atoms with Gasteiger partial charge < -0.3 is 9.51 Å². The number of aryl methyl sites for hydroxylation is 2. The van der Waals surface area contributed by atoms with E-state index in [9.17, 15) is 9.18 Å². The number of fused-ring (bicyclic) bond motifs is 1. The Labute approximate surface area is 154 Å². The fraction of sp³-hybridized carbons (Fsp3) is 0.150. The van der Waals surface area contributed by atoms with Gasteiger partial charge in [0.25, 0.3) is 0 Å². The first-order valence-electron chi connectivity index (χ1n) is 8.56. The van der Waals surface area contributed by atoms with Gasteiger partial charge in [0, 0.05) is 23.0 Å². The number of benzene rings is 2. The average molecular weight is 364 g/mol. The molecule has 0 saturated carbocycles. The molecule has 0 fully saturated rings. The van der Waals surface area contributed by atoms with Crippen molar-refractivity contribution in [3.8, 4) is 11.3 Å². The van der Waals surface area contributed by atoms with Crippen molar-refractivity contribution in [1.82, 2.24) is 15.1 Å². The zero-order valence-corrected chi connectivity index (χ0v) is 14.6. The van der Waals surface area contributed by atoms with Gasteiger partial charge in [0.15, 0.2) is 5.82 Å². The van der Waals surface area contributed by atoms with Gasteiger partial charge >= 0.3 is 6.01 Å². The van der Waals surface area contributed by atoms with E-state index in [1.54, 1.807) is 19.1 Å². The predicted octanol–water partition coefficient (Wildman–Crippen LogP) is 4.24. The molecular weight excluding hydrogens is 347 g/mol. The maximum absolute atomic E-state index is 13.3. The van der Waals surface area contributed by atoms with Crippen LogP contribution in [-0.4, -0.2) is 21.0 Å². The van der Waals surface area contributed by atoms with Gasteiger partial charge in [0.1, 0.15) is 5.82 Å². The number of carbonyl (C=O) groups is 1. The SMILES string of the molecule is Cc1noc(NC(=O)CCc2c(-c3ccc(F)cc3)[nH]c3ccccc23)n1. The van der Waals surface area contributed by atoms with E-state index in [0.29, 0.717) is 12.2 Å². The first kappa shape index (κ1) is 17.0. The Morgan fingerprint density at radius 2 is 1.96 bits per heavy atom. The summed E-state index contributed by atoms with van der Waals surface area (Å²) in [5.41, 5.74) is 3.74. The van der Waals surface area contributed by atoms with E-state index in [4.69, 9.17) is 4.52 Å². The molecule has 2 N–H and O–H groups in total. The number of H-pyrrole nitrogens is 1. The van der Waals surface area contributed by atoms with Crippen molar-refractivity contribution in [2.45, 2.75) is 19.8 Å². The molecule has 2 aromatic heterocycles. The normalized spacial score (nSPS) is 11.0. The van der Waals surface area contributed by atoms with E-state index >= 15 is 0 Å². The lowest BCUT2D eigenvalue weighted by atomic mass is 10.0. The molecule has 0 aliphatic rings. The number of carbonyl (C=O) groups excluding carboxylic acids is 1. The van der Waals surface area contributed by atoms with Crippen LogP contribution in [0.25, 0.3) is 22.2 Å². The van der Waals surface area contributed by atoms with Gasteiger partial charge in [-0.3, -0.25) is 10.1 Å². The minimum absolute atomic E-state index is 0.0928. The Bertz CT molecular complexity index is 1100. The van der Waals surface area contributed by atoms with Crippen LogP contribution in [0.4, 0.5) is 10.4 Å². The second-order valence-corrected chi connectivity index (χ2v) is 6.23. The van der Waals surface area contributed by atoms with Crippen LogP contribution in [0.5, 0.6) is 0 Å². The van der Waals surface area contributed by atoms with Crippen molar-refractivity contribution in [3.63, 3.8) is 0 Å². The number of halogens is 1. The van der Waals surface area contributed by atoms with Gasteiger partial charge in [-0.1, -0.05) is 23.4 Å². The number of anilines is 1. The van der Waals surface area contributed by atoms with Gasteiger partial charge in [-0.15, -0.1) is 0 Å². The van der Waals surface area contributed by atoms with E-state index in [0.717, 1.165) is 27.7 Å². The standard InChI is InChI=1S/C20H17FN4O2/c1-12-22-20(27-25-12)24-18(26)11-10-16-15-4-2-3-5-17(15)23-19(16)13-6-8-14(21)9-7-13/h2-9,23H,10-11H2,1H3,(H,22,24,25,26). The third-order valence-corrected chi connectivity index (χ3v) is 4.32. The highest BCUT2D eigenvalue weighted by Crippen LogP contribution is 2.31. The number of amides is 1. The van der Waals surface area contributed by atoms with Crippen molar-refractivity contribution in [2.75, 3.05) is 5.32 Å². The third kappa shape index (κ3) is 3.57. The lowest BCUT2D eigenvalue weighted by Gasteiger charge is -2.05. The summed E-state index contributed by atoms with van der Waals surface area (Å²) in [7, 11) is 0. The summed E-state index contributed by atoms with van der Waals surface area (Å²) in [5, 5.41) is 7.29. The first-order valence-corrected chi connectivity index (χ1v) is 8.56. The minimum Gasteiger partial charge on any atom is -0.354 e. The summed E-state index contributed by atoms with van der Waals surface area (Å²) in [5.74, 6) is -0.0415. The molecule has 0 spiro atoms. The minimum atomic E-state index is -0.286. The van der Waals surface area contributed by atoms with Crippen molar-refractivity contribution < 1.29 is 13.7 Å². The van der Waals surface area contributed by atoms with Crippen molar-refractivity contribution in [3.05, 3.63) is 65.7 Å². The van der Waals surface area contributed by atoms with Crippen LogP contribution in [-0.2, 0) is 11.2 Å². The number of hydrogen-bond donors (Lipinski definition) is 2. The number of aromatic nitrogens is 3. The van der Waals surface area contributed by atoms with E-state index in [2.05, 4.69) is 20.4 Å². The largest absolute Gasteiger partial charge is 0.354 e. The highest BCUT2D eigenvalue weighted by molar-refractivity contribution is 5.93. The van der Waals surface area contributed by atoms with Crippen molar-refractivity contribution in [1.29, 1.82) is 0 Å². The van der Waals surface area contributed by atoms with Crippen LogP contribution in [0.2, 0.25) is 0 Å². The third-order valence-electron chi connectivity index (χ3n) is 4.32. The number of nitrogens with zero attached hydrogens (tertiary/aromatic N) is 2. The van der Waals surface area contributed by atoms with E-state index in [1.807, 2.05) is 24.3 Å². The molecule has 27 heavy (non-hydrogen) atoms. The molecule has 2 aromatic carbocycles. The molecule has 0 aliphatic heterocycles. The second kappa shape index (κ2) is 7.03. The molecule has 136 valence electrons. The second-order valence-electron chi connectivity index (χ2n) is 6.23. The van der Waals surface area contributed by atoms with Gasteiger partial charge in [-0.25, -0.2) is 4.39 Å². The van der Waals surface area contributed by atoms with Crippen LogP contribution in [0.15, 0.2) is 53.1 Å². The average Bonchev–Trinajstić information content (AvgIpc) is 3.24. The van der Waals surface area contributed by atoms with Gasteiger partial charge in [0.05, 0.1) is 0 Å². The quantitative estimate of drug-likeness (QED) is 0.555. The van der Waals surface area contributed by atoms with Gasteiger partial charge in [-0.05, 0) is 54.8 Å². The maximum atomic E-state index is 13.3. The topological polar surface area (TPSA) is 83.8 Å². The molecule has 0 unspecified atom stereocenters. The number of aromatic amines is 1. The van der Waals surface area contributed by atoms with Gasteiger partial charge in [0.2, 0.25) is 5.91 Å². The summed E-state index contributed by atoms with van der Waals surface area (Å²) in [6, 6.07) is 14.3. The molecular formula is C20H17FN4O2. The molecule has 1 amide bonds. The molecule has 2 heterocycles. The molecule has 0 saturated heterocycles. The Hall–Kier alpha value is -3.48. The molecule has 4 rings (SSSR count). The smallest absolute Gasteiger partial charge is 0.328 e. The van der Waals surface area contributed by atoms with Crippen LogP contribution in [0, 0.1) is 12.7 Å². The zero-order valence-electron chi connectivity index (χ0n) is 14.6. The Morgan fingerprint density at radius 1 is 1.19 bits per heavy atom. The fourth-order valence-corrected chi connectivity index (χ4v) is 3.09. The Kier molecular flexibility index (Phi) is 4.42. The van der Waals surface area contributed by atoms with Crippen molar-refractivity contribution >= 4 is 22.8 Å². The van der Waals surface area contributed by atoms with E-state index < -0.39 is 0 Å². The van der Waals surface area contributed by atoms with Crippen LogP contribution in [0.3, 0.4) is 0 Å². The van der Waals surface area contributed by atoms with E-state index in [1.165, 1.54) is 12.1 Å². The summed E-state index contributed by atoms with van der Waals surface area (Å²) >= 11 is 0. The molecule has 0 radical (unpaired) electrons. The maximum Gasteiger partial charge on any atom is 0.328 e. The molecule has 0 bridgehead atoms. The number of para-hydroxylation sites is 1. The molecule has 0 atom stereocenters. The highest BCUT2D eigenvalue weighted by atomic mass is 19.1. The molecule has 4 aromatic rings. The van der Waals surface area contributed by atoms with Crippen LogP contribution >= 0.6 is 0 Å². The lowest BCUT2D eigenvalue weighted by molar-refractivity contribution is -0.116. The predicted molar refractivity (Wildman–Crippen MR) is 99.7 cm³/mol. The summed E-state index contributed by atoms with van der Waals surface area (Å²) in [6.07, 6.45) is 0.757. The molecule has 6 nitrogen and oxygen atoms in total. The molecule has 7 heteroatoms. The van der Waals surface area contributed by atoms with Crippen LogP contribution < -0.4 is 5.32 Å². The summed E-state index contributed by atoms with van der Waals surface area (Å²) in [4.78, 5) is 19.6. The van der Waals surface area contributed by atoms with Crippen LogP contribution in [0.1, 0.15) is 17.8 Å². The highest BCUT2D eigenvalue weighted by Gasteiger charge is 2.15. The first-order chi connectivity index (χ1) is 13.1. The summed E-state index contributed by atoms with van der Waals surface area (Å²) < 4.78 is 18.2. The fourth-order valence-electron chi connectivity index (χ4n) is 3.09. The summed E-state index contributed by atoms with van der Waals surface area (Å²) in [6.45, 7) is 1.68. The van der Waals surface area contributed by atoms with E-state index in [-0.39, 0.29) is 24.2 Å². The monoisotopic (exact) mass is 364 g/mol. The number of nitrogens with one attached hydrogen (secondary N) is 2. The molecule has 0 aliphatic carbocycles.